The van der Waals surface area contributed by atoms with Crippen LogP contribution in [0.4, 0.5) is 0 Å². The van der Waals surface area contributed by atoms with Crippen molar-refractivity contribution >= 4 is 10.0 Å². The van der Waals surface area contributed by atoms with E-state index in [9.17, 15) is 8.42 Å². The molecule has 1 fully saturated rings. The summed E-state index contributed by atoms with van der Waals surface area (Å²) in [5, 5.41) is 0. The molecule has 2 aromatic carbocycles. The minimum Gasteiger partial charge on any atom is -0.207 e. The molecule has 108 valence electrons. The van der Waals surface area contributed by atoms with Crippen LogP contribution in [0.5, 0.6) is 0 Å². The predicted molar refractivity (Wildman–Crippen MR) is 81.5 cm³/mol. The van der Waals surface area contributed by atoms with Gasteiger partial charge >= 0.3 is 0 Å². The van der Waals surface area contributed by atoms with E-state index >= 15 is 0 Å². The zero-order valence-corrected chi connectivity index (χ0v) is 12.7. The summed E-state index contributed by atoms with van der Waals surface area (Å²) < 4.78 is 27.3. The molecule has 4 rings (SSSR count). The Hall–Kier alpha value is -1.65. The Morgan fingerprint density at radius 1 is 1.05 bits per heavy atom. The molecule has 1 heterocycles. The molecule has 4 heteroatoms. The van der Waals surface area contributed by atoms with E-state index < -0.39 is 10.0 Å². The van der Waals surface area contributed by atoms with Crippen molar-refractivity contribution in [1.82, 2.24) is 4.31 Å². The van der Waals surface area contributed by atoms with Gasteiger partial charge in [-0.3, -0.25) is 0 Å². The Morgan fingerprint density at radius 3 is 2.52 bits per heavy atom. The molecule has 3 nitrogen and oxygen atoms in total. The Balaban J connectivity index is 1.72. The van der Waals surface area contributed by atoms with E-state index in [2.05, 4.69) is 12.1 Å². The first-order chi connectivity index (χ1) is 10.1. The fourth-order valence-electron chi connectivity index (χ4n) is 3.40. The Bertz CT molecular complexity index is 796. The van der Waals surface area contributed by atoms with E-state index in [1.54, 1.807) is 16.4 Å². The van der Waals surface area contributed by atoms with Gasteiger partial charge in [-0.05, 0) is 43.0 Å². The predicted octanol–water partition coefficient (Wildman–Crippen LogP) is 3.06. The number of hydrogen-bond donors (Lipinski definition) is 0. The van der Waals surface area contributed by atoms with Crippen LogP contribution in [0.1, 0.15) is 29.2 Å². The van der Waals surface area contributed by atoms with Gasteiger partial charge < -0.3 is 0 Å². The number of nitrogens with zero attached hydrogens (tertiary/aromatic N) is 1. The summed E-state index contributed by atoms with van der Waals surface area (Å²) in [7, 11) is -3.37. The molecule has 0 saturated carbocycles. The fourth-order valence-corrected chi connectivity index (χ4v) is 5.20. The molecule has 0 bridgehead atoms. The average molecular weight is 299 g/mol. The number of rotatable bonds is 2. The van der Waals surface area contributed by atoms with Crippen LogP contribution in [-0.4, -0.2) is 18.8 Å². The first kappa shape index (κ1) is 13.0. The van der Waals surface area contributed by atoms with Crippen molar-refractivity contribution < 1.29 is 8.42 Å². The van der Waals surface area contributed by atoms with Crippen molar-refractivity contribution in [3.8, 4) is 0 Å². The second kappa shape index (κ2) is 4.42. The van der Waals surface area contributed by atoms with E-state index in [-0.39, 0.29) is 12.1 Å². The lowest BCUT2D eigenvalue weighted by Crippen LogP contribution is -2.14. The highest BCUT2D eigenvalue weighted by Gasteiger charge is 2.57. The third-order valence-corrected chi connectivity index (χ3v) is 6.48. The maximum atomic E-state index is 12.8. The van der Waals surface area contributed by atoms with Gasteiger partial charge in [-0.1, -0.05) is 42.0 Å². The molecular weight excluding hydrogens is 282 g/mol. The third-order valence-electron chi connectivity index (χ3n) is 4.56. The molecule has 0 amide bonds. The SMILES string of the molecule is Cc1ccc(S(=O)(=O)N2[C@@H]3CCc4ccccc4[C@H]32)cc1. The molecular formula is C17H17NO2S. The standard InChI is InChI=1S/C17H17NO2S/c1-12-6-9-14(10-7-12)21(19,20)18-16-11-8-13-4-2-3-5-15(13)17(16)18/h2-7,9-10,16-17H,8,11H2,1H3/t16-,17-,18?/m1/s1. The number of hydrogen-bond acceptors (Lipinski definition) is 2. The first-order valence-corrected chi connectivity index (χ1v) is 8.71. The van der Waals surface area contributed by atoms with E-state index in [4.69, 9.17) is 0 Å². The van der Waals surface area contributed by atoms with Gasteiger partial charge in [0.1, 0.15) is 0 Å². The molecule has 1 aliphatic heterocycles. The van der Waals surface area contributed by atoms with Gasteiger partial charge in [0.25, 0.3) is 0 Å². The molecule has 1 aliphatic carbocycles. The van der Waals surface area contributed by atoms with Gasteiger partial charge in [-0.25, -0.2) is 8.42 Å². The zero-order chi connectivity index (χ0) is 14.6. The van der Waals surface area contributed by atoms with Crippen molar-refractivity contribution in [3.63, 3.8) is 0 Å². The average Bonchev–Trinajstić information content (AvgIpc) is 3.23. The van der Waals surface area contributed by atoms with E-state index in [1.165, 1.54) is 11.1 Å². The van der Waals surface area contributed by atoms with Crippen molar-refractivity contribution in [2.45, 2.75) is 36.7 Å². The van der Waals surface area contributed by atoms with Crippen molar-refractivity contribution in [1.29, 1.82) is 0 Å². The lowest BCUT2D eigenvalue weighted by molar-refractivity contribution is 0.544. The monoisotopic (exact) mass is 299 g/mol. The first-order valence-electron chi connectivity index (χ1n) is 7.27. The number of sulfonamides is 1. The highest BCUT2D eigenvalue weighted by molar-refractivity contribution is 7.89. The summed E-state index contributed by atoms with van der Waals surface area (Å²) in [5.41, 5.74) is 3.55. The van der Waals surface area contributed by atoms with Crippen LogP contribution in [0.25, 0.3) is 0 Å². The smallest absolute Gasteiger partial charge is 0.207 e. The lowest BCUT2D eigenvalue weighted by Gasteiger charge is -2.11. The maximum Gasteiger partial charge on any atom is 0.244 e. The second-order valence-electron chi connectivity index (χ2n) is 5.90. The fraction of sp³-hybridized carbons (Fsp3) is 0.294. The topological polar surface area (TPSA) is 37.1 Å². The van der Waals surface area contributed by atoms with Crippen molar-refractivity contribution in [2.24, 2.45) is 0 Å². The Morgan fingerprint density at radius 2 is 1.76 bits per heavy atom. The molecule has 0 spiro atoms. The minimum atomic E-state index is -3.37. The van der Waals surface area contributed by atoms with E-state index in [0.29, 0.717) is 4.90 Å². The number of benzene rings is 2. The molecule has 0 radical (unpaired) electrons. The summed E-state index contributed by atoms with van der Waals surface area (Å²) in [6.07, 6.45) is 1.89. The Labute approximate surface area is 125 Å². The summed E-state index contributed by atoms with van der Waals surface area (Å²) >= 11 is 0. The van der Waals surface area contributed by atoms with Crippen LogP contribution in [0.2, 0.25) is 0 Å². The highest BCUT2D eigenvalue weighted by Crippen LogP contribution is 2.53. The van der Waals surface area contributed by atoms with Crippen molar-refractivity contribution in [3.05, 3.63) is 65.2 Å². The van der Waals surface area contributed by atoms with Gasteiger partial charge in [0.2, 0.25) is 10.0 Å². The highest BCUT2D eigenvalue weighted by atomic mass is 32.2. The zero-order valence-electron chi connectivity index (χ0n) is 11.9. The molecule has 1 unspecified atom stereocenters. The lowest BCUT2D eigenvalue weighted by atomic mass is 9.92. The van der Waals surface area contributed by atoms with Crippen LogP contribution >= 0.6 is 0 Å². The Kier molecular flexibility index (Phi) is 2.75. The minimum absolute atomic E-state index is 0.0428. The molecule has 2 aromatic rings. The van der Waals surface area contributed by atoms with Gasteiger partial charge in [0.15, 0.2) is 0 Å². The summed E-state index contributed by atoms with van der Waals surface area (Å²) in [6, 6.07) is 15.5. The molecule has 0 aromatic heterocycles. The maximum absolute atomic E-state index is 12.8. The molecule has 0 N–H and O–H groups in total. The van der Waals surface area contributed by atoms with Gasteiger partial charge in [0.05, 0.1) is 10.9 Å². The summed E-state index contributed by atoms with van der Waals surface area (Å²) in [5.74, 6) is 0. The molecule has 3 atom stereocenters. The number of fused-ring (bicyclic) bond motifs is 3. The largest absolute Gasteiger partial charge is 0.244 e. The van der Waals surface area contributed by atoms with Gasteiger partial charge in [0, 0.05) is 6.04 Å². The quantitative estimate of drug-likeness (QED) is 0.799. The van der Waals surface area contributed by atoms with Crippen LogP contribution in [0.15, 0.2) is 53.4 Å². The van der Waals surface area contributed by atoms with Crippen LogP contribution in [0, 0.1) is 6.92 Å². The van der Waals surface area contributed by atoms with Crippen LogP contribution < -0.4 is 0 Å². The van der Waals surface area contributed by atoms with Crippen molar-refractivity contribution in [2.75, 3.05) is 0 Å². The summed E-state index contributed by atoms with van der Waals surface area (Å²) in [4.78, 5) is 0.403. The third kappa shape index (κ3) is 1.93. The molecule has 1 saturated heterocycles. The normalized spacial score (nSPS) is 26.8. The van der Waals surface area contributed by atoms with Gasteiger partial charge in [-0.2, -0.15) is 4.31 Å². The van der Waals surface area contributed by atoms with E-state index in [1.807, 2.05) is 31.2 Å². The number of aryl methyl sites for hydroxylation is 2. The van der Waals surface area contributed by atoms with Gasteiger partial charge in [-0.15, -0.1) is 0 Å². The van der Waals surface area contributed by atoms with Crippen LogP contribution in [-0.2, 0) is 16.4 Å². The molecule has 21 heavy (non-hydrogen) atoms. The van der Waals surface area contributed by atoms with Crippen LogP contribution in [0.3, 0.4) is 0 Å². The van der Waals surface area contributed by atoms with E-state index in [0.717, 1.165) is 18.4 Å². The second-order valence-corrected chi connectivity index (χ2v) is 7.74. The summed E-state index contributed by atoms with van der Waals surface area (Å²) in [6.45, 7) is 1.96. The molecule has 2 aliphatic rings.